The van der Waals surface area contributed by atoms with Gasteiger partial charge in [0.15, 0.2) is 5.65 Å². The average molecular weight is 418 g/mol. The normalized spacial score (nSPS) is 16.8. The Morgan fingerprint density at radius 2 is 1.84 bits per heavy atom. The Labute approximate surface area is 183 Å². The number of nitrogens with zero attached hydrogens (tertiary/aromatic N) is 3. The third kappa shape index (κ3) is 3.44. The Balaban J connectivity index is 1.40. The van der Waals surface area contributed by atoms with Crippen molar-refractivity contribution in [2.75, 3.05) is 23.7 Å². The molecule has 2 aliphatic rings. The molecule has 6 nitrogen and oxygen atoms in total. The van der Waals surface area contributed by atoms with E-state index in [9.17, 15) is 4.79 Å². The Bertz CT molecular complexity index is 1150. The molecular formula is C25H31N5O. The van der Waals surface area contributed by atoms with Crippen LogP contribution in [0.4, 0.5) is 16.2 Å². The van der Waals surface area contributed by atoms with E-state index in [-0.39, 0.29) is 6.03 Å². The van der Waals surface area contributed by atoms with Crippen molar-refractivity contribution >= 4 is 23.1 Å². The van der Waals surface area contributed by atoms with E-state index in [0.29, 0.717) is 12.0 Å². The van der Waals surface area contributed by atoms with Crippen molar-refractivity contribution < 1.29 is 4.79 Å². The smallest absolute Gasteiger partial charge is 0.321 e. The number of likely N-dealkylation sites (tertiary alicyclic amines) is 1. The van der Waals surface area contributed by atoms with Crippen molar-refractivity contribution in [3.8, 4) is 0 Å². The number of hydrogen-bond acceptors (Lipinski definition) is 3. The summed E-state index contributed by atoms with van der Waals surface area (Å²) in [4.78, 5) is 19.5. The topological polar surface area (TPSA) is 61.7 Å². The maximum Gasteiger partial charge on any atom is 0.321 e. The van der Waals surface area contributed by atoms with Gasteiger partial charge >= 0.3 is 6.03 Å². The highest BCUT2D eigenvalue weighted by atomic mass is 16.2. The number of urea groups is 1. The molecule has 0 atom stereocenters. The number of aryl methyl sites for hydroxylation is 4. The van der Waals surface area contributed by atoms with Gasteiger partial charge in [0.05, 0.1) is 17.1 Å². The van der Waals surface area contributed by atoms with Crippen LogP contribution in [-0.4, -0.2) is 33.4 Å². The Morgan fingerprint density at radius 1 is 1.13 bits per heavy atom. The van der Waals surface area contributed by atoms with Crippen molar-refractivity contribution in [2.24, 2.45) is 5.41 Å². The van der Waals surface area contributed by atoms with E-state index in [4.69, 9.17) is 4.98 Å². The fourth-order valence-electron chi connectivity index (χ4n) is 4.98. The maximum absolute atomic E-state index is 12.8. The van der Waals surface area contributed by atoms with Gasteiger partial charge in [-0.05, 0) is 63.3 Å². The molecule has 5 rings (SSSR count). The zero-order chi connectivity index (χ0) is 21.8. The molecular weight excluding hydrogens is 386 g/mol. The molecule has 1 spiro atoms. The lowest BCUT2D eigenvalue weighted by molar-refractivity contribution is -0.0289. The van der Waals surface area contributed by atoms with Crippen LogP contribution in [0.2, 0.25) is 0 Å². The Hall–Kier alpha value is -3.02. The molecule has 1 saturated heterocycles. The number of benzene rings is 1. The number of aromatic nitrogens is 2. The number of hydrogen-bond donors (Lipinski definition) is 2. The van der Waals surface area contributed by atoms with Crippen molar-refractivity contribution in [1.82, 2.24) is 14.3 Å². The summed E-state index contributed by atoms with van der Waals surface area (Å²) in [6.45, 7) is 10.9. The highest BCUT2D eigenvalue weighted by Crippen LogP contribution is 2.48. The minimum Gasteiger partial charge on any atom is -0.378 e. The van der Waals surface area contributed by atoms with E-state index in [2.05, 4.69) is 54.0 Å². The van der Waals surface area contributed by atoms with Crippen molar-refractivity contribution in [3.05, 3.63) is 58.5 Å². The first-order valence-electron chi connectivity index (χ1n) is 11.2. The summed E-state index contributed by atoms with van der Waals surface area (Å²) in [5.41, 5.74) is 8.94. The van der Waals surface area contributed by atoms with Crippen LogP contribution in [0.5, 0.6) is 0 Å². The van der Waals surface area contributed by atoms with E-state index in [1.165, 1.54) is 36.0 Å². The van der Waals surface area contributed by atoms with Gasteiger partial charge in [-0.2, -0.15) is 0 Å². The zero-order valence-electron chi connectivity index (χ0n) is 18.9. The molecule has 1 aliphatic heterocycles. The fourth-order valence-corrected chi connectivity index (χ4v) is 4.98. The predicted molar refractivity (Wildman–Crippen MR) is 125 cm³/mol. The van der Waals surface area contributed by atoms with Gasteiger partial charge in [0.2, 0.25) is 0 Å². The van der Waals surface area contributed by atoms with E-state index in [0.717, 1.165) is 41.5 Å². The molecule has 2 N–H and O–H groups in total. The van der Waals surface area contributed by atoms with Gasteiger partial charge < -0.3 is 19.9 Å². The predicted octanol–water partition coefficient (Wildman–Crippen LogP) is 5.20. The molecule has 2 amide bonds. The molecule has 3 aromatic rings. The van der Waals surface area contributed by atoms with Crippen LogP contribution in [0.15, 0.2) is 30.5 Å². The van der Waals surface area contributed by atoms with Crippen LogP contribution >= 0.6 is 0 Å². The van der Waals surface area contributed by atoms with E-state index >= 15 is 0 Å². The lowest BCUT2D eigenvalue weighted by atomic mass is 9.64. The number of nitrogens with one attached hydrogen (secondary N) is 2. The summed E-state index contributed by atoms with van der Waals surface area (Å²) in [6.07, 6.45) is 5.82. The lowest BCUT2D eigenvalue weighted by Gasteiger charge is -2.55. The Kier molecular flexibility index (Phi) is 4.68. The summed E-state index contributed by atoms with van der Waals surface area (Å²) in [6, 6.07) is 8.37. The molecule has 2 aromatic heterocycles. The number of anilines is 2. The molecule has 162 valence electrons. The van der Waals surface area contributed by atoms with Gasteiger partial charge in [0.1, 0.15) is 0 Å². The fraction of sp³-hybridized carbons (Fsp3) is 0.440. The van der Waals surface area contributed by atoms with Crippen molar-refractivity contribution in [3.63, 3.8) is 0 Å². The standard InChI is InChI=1S/C25H31N5O/c1-16-7-5-8-17(2)21(16)12-26-22-11-20(13-30-19(4)18(3)27-23(22)30)28-24(31)29-14-25(15-29)9-6-10-25/h5,7-8,11,13,26H,6,9-10,12,14-15H2,1-4H3,(H,28,31). The van der Waals surface area contributed by atoms with Crippen LogP contribution in [0.1, 0.15) is 47.3 Å². The maximum atomic E-state index is 12.8. The average Bonchev–Trinajstić information content (AvgIpc) is 2.94. The van der Waals surface area contributed by atoms with Crippen molar-refractivity contribution in [1.29, 1.82) is 0 Å². The van der Waals surface area contributed by atoms with E-state index in [1.54, 1.807) is 0 Å². The van der Waals surface area contributed by atoms with Gasteiger partial charge in [-0.25, -0.2) is 9.78 Å². The molecule has 1 aliphatic carbocycles. The lowest BCUT2D eigenvalue weighted by Crippen LogP contribution is -2.62. The molecule has 31 heavy (non-hydrogen) atoms. The largest absolute Gasteiger partial charge is 0.378 e. The molecule has 0 bridgehead atoms. The number of carbonyl (C=O) groups excluding carboxylic acids is 1. The number of fused-ring (bicyclic) bond motifs is 1. The third-order valence-corrected chi connectivity index (χ3v) is 7.30. The van der Waals surface area contributed by atoms with Crippen LogP contribution in [-0.2, 0) is 6.54 Å². The monoisotopic (exact) mass is 417 g/mol. The molecule has 2 fully saturated rings. The number of pyridine rings is 1. The first-order chi connectivity index (χ1) is 14.8. The number of imidazole rings is 1. The molecule has 0 radical (unpaired) electrons. The summed E-state index contributed by atoms with van der Waals surface area (Å²) >= 11 is 0. The van der Waals surface area contributed by atoms with E-state index < -0.39 is 0 Å². The third-order valence-electron chi connectivity index (χ3n) is 7.30. The highest BCUT2D eigenvalue weighted by molar-refractivity contribution is 5.91. The second kappa shape index (κ2) is 7.29. The SMILES string of the molecule is Cc1cccc(C)c1CNc1cc(NC(=O)N2CC3(CCC3)C2)cn2c(C)c(C)nc12. The first-order valence-corrected chi connectivity index (χ1v) is 11.2. The van der Waals surface area contributed by atoms with Gasteiger partial charge in [-0.1, -0.05) is 24.6 Å². The highest BCUT2D eigenvalue weighted by Gasteiger charge is 2.48. The summed E-state index contributed by atoms with van der Waals surface area (Å²) in [7, 11) is 0. The Morgan fingerprint density at radius 3 is 2.48 bits per heavy atom. The molecule has 0 unspecified atom stereocenters. The molecule has 3 heterocycles. The van der Waals surface area contributed by atoms with Crippen LogP contribution in [0.25, 0.3) is 5.65 Å². The summed E-state index contributed by atoms with van der Waals surface area (Å²) in [5, 5.41) is 6.70. The summed E-state index contributed by atoms with van der Waals surface area (Å²) < 4.78 is 2.07. The van der Waals surface area contributed by atoms with Gasteiger partial charge in [-0.3, -0.25) is 0 Å². The number of rotatable bonds is 4. The summed E-state index contributed by atoms with van der Waals surface area (Å²) in [5.74, 6) is 0. The van der Waals surface area contributed by atoms with Crippen molar-refractivity contribution in [2.45, 2.75) is 53.5 Å². The zero-order valence-corrected chi connectivity index (χ0v) is 18.9. The minimum absolute atomic E-state index is 0.00735. The van der Waals surface area contributed by atoms with Gasteiger partial charge in [0, 0.05) is 36.9 Å². The number of amides is 2. The van der Waals surface area contributed by atoms with Gasteiger partial charge in [0.25, 0.3) is 0 Å². The van der Waals surface area contributed by atoms with Crippen LogP contribution in [0, 0.1) is 33.1 Å². The molecule has 6 heteroatoms. The van der Waals surface area contributed by atoms with Crippen LogP contribution in [0.3, 0.4) is 0 Å². The second-order valence-corrected chi connectivity index (χ2v) is 9.48. The minimum atomic E-state index is -0.00735. The quantitative estimate of drug-likeness (QED) is 0.613. The number of carbonyl (C=O) groups is 1. The first kappa shape index (κ1) is 19.9. The van der Waals surface area contributed by atoms with E-state index in [1.807, 2.05) is 24.1 Å². The second-order valence-electron chi connectivity index (χ2n) is 9.48. The molecule has 1 aromatic carbocycles. The van der Waals surface area contributed by atoms with Crippen LogP contribution < -0.4 is 10.6 Å². The molecule has 1 saturated carbocycles. The van der Waals surface area contributed by atoms with Gasteiger partial charge in [-0.15, -0.1) is 0 Å².